The summed E-state index contributed by atoms with van der Waals surface area (Å²) in [5.41, 5.74) is -0.647. The number of para-hydroxylation sites is 3. The number of aromatic nitrogens is 5. The molecule has 0 spiro atoms. The number of benzene rings is 9. The molecule has 0 radical (unpaired) electrons. The number of hydrogen-bond donors (Lipinski definition) is 0. The highest BCUT2D eigenvalue weighted by molar-refractivity contribution is 6.26. The fourth-order valence-electron chi connectivity index (χ4n) is 7.95. The average molecular weight is 729 g/mol. The Morgan fingerprint density at radius 1 is 0.357 bits per heavy atom. The maximum Gasteiger partial charge on any atom is 0.238 e. The van der Waals surface area contributed by atoms with Gasteiger partial charge in [0.2, 0.25) is 5.95 Å². The van der Waals surface area contributed by atoms with Crippen molar-refractivity contribution in [3.8, 4) is 34.4 Å². The Kier molecular flexibility index (Phi) is 4.18. The van der Waals surface area contributed by atoms with E-state index >= 15 is 0 Å². The zero-order chi connectivity index (χ0) is 49.8. The van der Waals surface area contributed by atoms with Gasteiger partial charge in [0, 0.05) is 38.4 Å². The summed E-state index contributed by atoms with van der Waals surface area (Å²) in [7, 11) is 0. The van der Waals surface area contributed by atoms with Crippen molar-refractivity contribution in [2.45, 2.75) is 0 Å². The molecule has 12 aromatic rings. The number of nitrogens with zero attached hydrogens (tertiary/aromatic N) is 5. The summed E-state index contributed by atoms with van der Waals surface area (Å²) in [4.78, 5) is 15.0. The molecule has 0 amide bonds. The molecule has 0 N–H and O–H groups in total. The number of rotatable bonds is 4. The van der Waals surface area contributed by atoms with E-state index in [0.717, 1.165) is 36.9 Å². The summed E-state index contributed by atoms with van der Waals surface area (Å²) in [5.74, 6) is -0.0117. The van der Waals surface area contributed by atoms with Crippen molar-refractivity contribution in [1.29, 1.82) is 0 Å². The summed E-state index contributed by atoms with van der Waals surface area (Å²) in [6, 6.07) is 20.4. The van der Waals surface area contributed by atoms with Gasteiger partial charge in [0.15, 0.2) is 11.6 Å². The van der Waals surface area contributed by atoms with Crippen LogP contribution in [0.1, 0.15) is 20.6 Å². The molecule has 0 atom stereocenters. The molecule has 5 heteroatoms. The summed E-state index contributed by atoms with van der Waals surface area (Å²) in [6.07, 6.45) is 0. The van der Waals surface area contributed by atoms with Crippen LogP contribution in [0, 0.1) is 0 Å². The van der Waals surface area contributed by atoms with Gasteiger partial charge in [-0.3, -0.25) is 4.57 Å². The topological polar surface area (TPSA) is 48.5 Å². The van der Waals surface area contributed by atoms with E-state index in [-0.39, 0.29) is 55.7 Å². The molecule has 0 bridgehead atoms. The fraction of sp³-hybridized carbons (Fsp3) is 0. The SMILES string of the molecule is [2H]c1c([2H])c([2H])c(-n2c3c([2H])c([2H])c([2H])c([2H])c3c3c([2H])c([2H])c4c5c([2H])c([2H])c([2H])c([2H])c5n(-c5nc(-c6ccccc6)nc(-c6ccc7c8ccccc8c8ccccc8c7c6)n5)c4c32)c([2H])c1[2H]. The Hall–Kier alpha value is -7.63. The number of hydrogen-bond acceptors (Lipinski definition) is 3. The maximum atomic E-state index is 9.70. The molecule has 0 aliphatic rings. The van der Waals surface area contributed by atoms with Crippen molar-refractivity contribution < 1.29 is 20.6 Å². The minimum atomic E-state index is -0.776. The van der Waals surface area contributed by atoms with E-state index in [1.54, 1.807) is 24.3 Å². The Labute approximate surface area is 342 Å². The van der Waals surface area contributed by atoms with E-state index in [1.165, 1.54) is 4.57 Å². The van der Waals surface area contributed by atoms with Crippen LogP contribution in [0.25, 0.3) is 110 Å². The van der Waals surface area contributed by atoms with Gasteiger partial charge in [0.05, 0.1) is 42.6 Å². The predicted octanol–water partition coefficient (Wildman–Crippen LogP) is 12.9. The third kappa shape index (κ3) is 4.46. The van der Waals surface area contributed by atoms with Gasteiger partial charge in [-0.1, -0.05) is 157 Å². The van der Waals surface area contributed by atoms with Gasteiger partial charge in [0.25, 0.3) is 0 Å². The molecule has 0 saturated heterocycles. The summed E-state index contributed by atoms with van der Waals surface area (Å²) in [5, 5.41) is 4.83. The first-order valence-corrected chi connectivity index (χ1v) is 17.7. The van der Waals surface area contributed by atoms with Crippen LogP contribution >= 0.6 is 0 Å². The minimum Gasteiger partial charge on any atom is -0.307 e. The third-order valence-electron chi connectivity index (χ3n) is 10.3. The summed E-state index contributed by atoms with van der Waals surface area (Å²) < 4.78 is 139. The molecule has 0 aliphatic heterocycles. The van der Waals surface area contributed by atoms with Gasteiger partial charge in [-0.2, -0.15) is 9.97 Å². The standard InChI is InChI=1S/C51H31N5/c1-3-15-32(16-4-1)49-52-50(33-27-28-39-37-21-8-7-19-35(37)36-20-9-10-22-38(36)44(39)31-33)54-51(53-49)56-46-26-14-12-24-41(46)43-30-29-42-40-23-11-13-25-45(40)55(47(42)48(43)56)34-17-5-2-6-18-34/h1-31H/i2D,5D,6D,11D,12D,13D,14D,17D,18D,23D,24D,25D,26D,29D,30D. The molecule has 0 fully saturated rings. The van der Waals surface area contributed by atoms with Gasteiger partial charge >= 0.3 is 0 Å². The van der Waals surface area contributed by atoms with Crippen molar-refractivity contribution in [3.05, 3.63) is 188 Å². The molecule has 0 unspecified atom stereocenters. The Morgan fingerprint density at radius 2 is 0.857 bits per heavy atom. The lowest BCUT2D eigenvalue weighted by Crippen LogP contribution is -2.07. The maximum absolute atomic E-state index is 9.70. The Morgan fingerprint density at radius 3 is 1.50 bits per heavy atom. The first-order valence-electron chi connectivity index (χ1n) is 25.2. The molecule has 56 heavy (non-hydrogen) atoms. The lowest BCUT2D eigenvalue weighted by Gasteiger charge is -2.14. The minimum absolute atomic E-state index is 0.119. The van der Waals surface area contributed by atoms with Crippen LogP contribution in [0.4, 0.5) is 0 Å². The van der Waals surface area contributed by atoms with E-state index in [2.05, 4.69) is 18.2 Å². The molecule has 260 valence electrons. The van der Waals surface area contributed by atoms with Crippen molar-refractivity contribution in [3.63, 3.8) is 0 Å². The largest absolute Gasteiger partial charge is 0.307 e. The predicted molar refractivity (Wildman–Crippen MR) is 232 cm³/mol. The molecule has 9 aromatic carbocycles. The second kappa shape index (κ2) is 11.9. The lowest BCUT2D eigenvalue weighted by molar-refractivity contribution is 0.953. The molecular formula is C51H31N5. The molecule has 5 nitrogen and oxygen atoms in total. The van der Waals surface area contributed by atoms with E-state index in [9.17, 15) is 11.0 Å². The van der Waals surface area contributed by atoms with E-state index in [0.29, 0.717) is 11.1 Å². The second-order valence-corrected chi connectivity index (χ2v) is 13.3. The van der Waals surface area contributed by atoms with Gasteiger partial charge in [0.1, 0.15) is 0 Å². The highest BCUT2D eigenvalue weighted by Crippen LogP contribution is 2.42. The molecular weight excluding hydrogens is 683 g/mol. The molecule has 0 aliphatic carbocycles. The van der Waals surface area contributed by atoms with Crippen molar-refractivity contribution in [2.24, 2.45) is 0 Å². The van der Waals surface area contributed by atoms with E-state index < -0.39 is 102 Å². The number of fused-ring (bicyclic) bond motifs is 13. The first-order chi connectivity index (χ1) is 34.0. The van der Waals surface area contributed by atoms with Crippen molar-refractivity contribution in [1.82, 2.24) is 24.1 Å². The van der Waals surface area contributed by atoms with E-state index in [1.807, 2.05) is 54.6 Å². The van der Waals surface area contributed by atoms with Crippen molar-refractivity contribution in [2.75, 3.05) is 0 Å². The van der Waals surface area contributed by atoms with Gasteiger partial charge in [-0.05, 0) is 62.6 Å². The smallest absolute Gasteiger partial charge is 0.238 e. The van der Waals surface area contributed by atoms with E-state index in [4.69, 9.17) is 24.5 Å². The van der Waals surface area contributed by atoms with Gasteiger partial charge in [-0.25, -0.2) is 4.98 Å². The molecule has 0 saturated carbocycles. The monoisotopic (exact) mass is 728 g/mol. The molecule has 3 aromatic heterocycles. The molecule has 3 heterocycles. The highest BCUT2D eigenvalue weighted by Gasteiger charge is 2.23. The van der Waals surface area contributed by atoms with Crippen LogP contribution in [-0.2, 0) is 0 Å². The highest BCUT2D eigenvalue weighted by atomic mass is 15.2. The van der Waals surface area contributed by atoms with Crippen LogP contribution in [-0.4, -0.2) is 24.1 Å². The van der Waals surface area contributed by atoms with Crippen LogP contribution in [0.3, 0.4) is 0 Å². The molecule has 12 rings (SSSR count). The fourth-order valence-corrected chi connectivity index (χ4v) is 7.95. The second-order valence-electron chi connectivity index (χ2n) is 13.3. The summed E-state index contributed by atoms with van der Waals surface area (Å²) in [6.45, 7) is 0. The van der Waals surface area contributed by atoms with Crippen LogP contribution in [0.5, 0.6) is 0 Å². The average Bonchev–Trinajstić information content (AvgIpc) is 3.94. The zero-order valence-electron chi connectivity index (χ0n) is 44.0. The van der Waals surface area contributed by atoms with Crippen LogP contribution in [0.2, 0.25) is 0 Å². The summed E-state index contributed by atoms with van der Waals surface area (Å²) >= 11 is 0. The van der Waals surface area contributed by atoms with Crippen molar-refractivity contribution >= 4 is 75.9 Å². The lowest BCUT2D eigenvalue weighted by atomic mass is 9.93. The first kappa shape index (κ1) is 19.6. The Balaban J connectivity index is 1.33. The Bertz CT molecular complexity index is 4350. The third-order valence-corrected chi connectivity index (χ3v) is 10.3. The normalized spacial score (nSPS) is 15.7. The quantitative estimate of drug-likeness (QED) is 0.170. The van der Waals surface area contributed by atoms with Crippen LogP contribution in [0.15, 0.2) is 188 Å². The van der Waals surface area contributed by atoms with Gasteiger partial charge < -0.3 is 4.57 Å². The van der Waals surface area contributed by atoms with Crippen LogP contribution < -0.4 is 0 Å². The van der Waals surface area contributed by atoms with Gasteiger partial charge in [-0.15, -0.1) is 0 Å². The zero-order valence-corrected chi connectivity index (χ0v) is 29.0.